The molecule has 0 saturated carbocycles. The number of rotatable bonds is 6. The molecule has 0 atom stereocenters. The van der Waals surface area contributed by atoms with Crippen LogP contribution in [0.2, 0.25) is 0 Å². The third-order valence-corrected chi connectivity index (χ3v) is 11.2. The van der Waals surface area contributed by atoms with E-state index in [0.717, 1.165) is 44.3 Å². The molecule has 3 nitrogen and oxygen atoms in total. The van der Waals surface area contributed by atoms with E-state index >= 15 is 0 Å². The molecule has 0 bridgehead atoms. The maximum Gasteiger partial charge on any atom is 0.164 e. The Balaban J connectivity index is 1.16. The minimum atomic E-state index is -0.0686. The van der Waals surface area contributed by atoms with Crippen molar-refractivity contribution >= 4 is 10.8 Å². The fraction of sp³-hybridized carbons (Fsp3) is 0.0577. The van der Waals surface area contributed by atoms with Crippen molar-refractivity contribution in [1.82, 2.24) is 15.0 Å². The molecular weight excluding hydrogens is 667 g/mol. The molecule has 0 fully saturated rings. The summed E-state index contributed by atoms with van der Waals surface area (Å²) in [5.41, 5.74) is 14.9. The molecule has 0 aliphatic heterocycles. The van der Waals surface area contributed by atoms with Gasteiger partial charge in [0.15, 0.2) is 17.5 Å². The second-order valence-electron chi connectivity index (χ2n) is 14.9. The predicted octanol–water partition coefficient (Wildman–Crippen LogP) is 13.3. The Bertz CT molecular complexity index is 2760. The lowest BCUT2D eigenvalue weighted by Gasteiger charge is -2.21. The van der Waals surface area contributed by atoms with E-state index in [0.29, 0.717) is 17.5 Å². The van der Waals surface area contributed by atoms with E-state index in [4.69, 9.17) is 15.0 Å². The van der Waals surface area contributed by atoms with Crippen molar-refractivity contribution < 1.29 is 0 Å². The maximum atomic E-state index is 5.27. The third kappa shape index (κ3) is 5.82. The summed E-state index contributed by atoms with van der Waals surface area (Å²) < 4.78 is 0. The van der Waals surface area contributed by atoms with E-state index in [-0.39, 0.29) is 5.41 Å². The van der Waals surface area contributed by atoms with Crippen LogP contribution in [0.3, 0.4) is 0 Å². The first kappa shape index (κ1) is 32.7. The van der Waals surface area contributed by atoms with Crippen LogP contribution in [-0.4, -0.2) is 15.0 Å². The average molecular weight is 704 g/mol. The second-order valence-corrected chi connectivity index (χ2v) is 14.9. The van der Waals surface area contributed by atoms with Gasteiger partial charge in [-0.3, -0.25) is 0 Å². The molecule has 10 rings (SSSR count). The van der Waals surface area contributed by atoms with E-state index in [1.165, 1.54) is 38.8 Å². The molecule has 0 unspecified atom stereocenters. The van der Waals surface area contributed by atoms with Crippen LogP contribution in [0.15, 0.2) is 188 Å². The SMILES string of the molecule is CC1(C)c2ccccc2-c2cc(-c3cc4ccccc4cc3-c3nc(-c4ccc(-c5ccccc5)cc4)nc(-c4ccc(-c5ccccc5)cc4)n3)ccc21. The van der Waals surface area contributed by atoms with Gasteiger partial charge < -0.3 is 0 Å². The number of hydrogen-bond acceptors (Lipinski definition) is 3. The summed E-state index contributed by atoms with van der Waals surface area (Å²) >= 11 is 0. The van der Waals surface area contributed by atoms with Gasteiger partial charge in [-0.25, -0.2) is 15.0 Å². The van der Waals surface area contributed by atoms with Gasteiger partial charge in [0.2, 0.25) is 0 Å². The molecule has 8 aromatic carbocycles. The van der Waals surface area contributed by atoms with Crippen LogP contribution in [-0.2, 0) is 5.41 Å². The molecule has 55 heavy (non-hydrogen) atoms. The van der Waals surface area contributed by atoms with Gasteiger partial charge in [0.05, 0.1) is 0 Å². The summed E-state index contributed by atoms with van der Waals surface area (Å²) in [5.74, 6) is 1.91. The van der Waals surface area contributed by atoms with Gasteiger partial charge in [-0.1, -0.05) is 184 Å². The highest BCUT2D eigenvalue weighted by atomic mass is 15.0. The fourth-order valence-electron chi connectivity index (χ4n) is 8.19. The highest BCUT2D eigenvalue weighted by Gasteiger charge is 2.35. The summed E-state index contributed by atoms with van der Waals surface area (Å²) in [6, 6.07) is 66.8. The van der Waals surface area contributed by atoms with Gasteiger partial charge in [-0.05, 0) is 84.6 Å². The first-order chi connectivity index (χ1) is 27.0. The van der Waals surface area contributed by atoms with Crippen molar-refractivity contribution in [3.05, 3.63) is 199 Å². The van der Waals surface area contributed by atoms with Gasteiger partial charge in [-0.2, -0.15) is 0 Å². The van der Waals surface area contributed by atoms with Crippen molar-refractivity contribution in [1.29, 1.82) is 0 Å². The molecule has 9 aromatic rings. The highest BCUT2D eigenvalue weighted by Crippen LogP contribution is 2.50. The molecular formula is C52H37N3. The number of benzene rings is 8. The Kier molecular flexibility index (Phi) is 7.81. The first-order valence-corrected chi connectivity index (χ1v) is 18.9. The zero-order valence-corrected chi connectivity index (χ0v) is 30.7. The lowest BCUT2D eigenvalue weighted by molar-refractivity contribution is 0.660. The minimum Gasteiger partial charge on any atom is -0.208 e. The van der Waals surface area contributed by atoms with Crippen molar-refractivity contribution in [2.24, 2.45) is 0 Å². The zero-order chi connectivity index (χ0) is 36.9. The third-order valence-electron chi connectivity index (χ3n) is 11.2. The fourth-order valence-corrected chi connectivity index (χ4v) is 8.19. The van der Waals surface area contributed by atoms with Gasteiger partial charge in [0, 0.05) is 22.1 Å². The quantitative estimate of drug-likeness (QED) is 0.173. The smallest absolute Gasteiger partial charge is 0.164 e. The molecule has 0 amide bonds. The number of aromatic nitrogens is 3. The summed E-state index contributed by atoms with van der Waals surface area (Å²) in [5, 5.41) is 2.31. The molecule has 1 aliphatic carbocycles. The molecule has 0 radical (unpaired) electrons. The van der Waals surface area contributed by atoms with Crippen LogP contribution in [0.1, 0.15) is 25.0 Å². The molecule has 0 saturated heterocycles. The van der Waals surface area contributed by atoms with Crippen molar-refractivity contribution in [3.8, 4) is 78.7 Å². The van der Waals surface area contributed by atoms with Crippen LogP contribution >= 0.6 is 0 Å². The van der Waals surface area contributed by atoms with Crippen LogP contribution in [0.5, 0.6) is 0 Å². The first-order valence-electron chi connectivity index (χ1n) is 18.9. The Morgan fingerprint density at radius 1 is 0.291 bits per heavy atom. The zero-order valence-electron chi connectivity index (χ0n) is 30.7. The summed E-state index contributed by atoms with van der Waals surface area (Å²) in [6.45, 7) is 4.65. The Morgan fingerprint density at radius 3 is 1.29 bits per heavy atom. The topological polar surface area (TPSA) is 38.7 Å². The van der Waals surface area contributed by atoms with Crippen molar-refractivity contribution in [2.45, 2.75) is 19.3 Å². The van der Waals surface area contributed by atoms with Gasteiger partial charge in [0.1, 0.15) is 0 Å². The van der Waals surface area contributed by atoms with Gasteiger partial charge >= 0.3 is 0 Å². The Hall–Kier alpha value is -6.97. The molecule has 0 N–H and O–H groups in total. The largest absolute Gasteiger partial charge is 0.208 e. The lowest BCUT2D eigenvalue weighted by atomic mass is 9.82. The summed E-state index contributed by atoms with van der Waals surface area (Å²) in [6.07, 6.45) is 0. The molecule has 1 aromatic heterocycles. The Labute approximate surface area is 321 Å². The van der Waals surface area contributed by atoms with E-state index in [2.05, 4.69) is 190 Å². The molecule has 1 aliphatic rings. The number of fused-ring (bicyclic) bond motifs is 4. The van der Waals surface area contributed by atoms with E-state index < -0.39 is 0 Å². The second kappa shape index (κ2) is 13.2. The summed E-state index contributed by atoms with van der Waals surface area (Å²) in [4.78, 5) is 15.7. The van der Waals surface area contributed by atoms with E-state index in [9.17, 15) is 0 Å². The number of hydrogen-bond donors (Lipinski definition) is 0. The van der Waals surface area contributed by atoms with Crippen LogP contribution in [0, 0.1) is 0 Å². The molecule has 3 heteroatoms. The predicted molar refractivity (Wildman–Crippen MR) is 228 cm³/mol. The maximum absolute atomic E-state index is 5.27. The standard InChI is InChI=1S/C52H37N3/c1-52(2)47-20-12-11-19-43(47)45-33-42(29-30-48(45)52)44-31-40-17-9-10-18-41(40)32-46(44)51-54-49(38-25-21-36(22-26-38)34-13-5-3-6-14-34)53-50(55-51)39-27-23-37(24-28-39)35-15-7-4-8-16-35/h3-33H,1-2H3. The van der Waals surface area contributed by atoms with Gasteiger partial charge in [-0.15, -0.1) is 0 Å². The van der Waals surface area contributed by atoms with Crippen LogP contribution < -0.4 is 0 Å². The van der Waals surface area contributed by atoms with Crippen molar-refractivity contribution in [2.75, 3.05) is 0 Å². The molecule has 0 spiro atoms. The highest BCUT2D eigenvalue weighted by molar-refractivity contribution is 5.97. The van der Waals surface area contributed by atoms with Crippen LogP contribution in [0.4, 0.5) is 0 Å². The molecule has 1 heterocycles. The average Bonchev–Trinajstić information content (AvgIpc) is 3.49. The number of nitrogens with zero attached hydrogens (tertiary/aromatic N) is 3. The Morgan fingerprint density at radius 2 is 0.709 bits per heavy atom. The van der Waals surface area contributed by atoms with Gasteiger partial charge in [0.25, 0.3) is 0 Å². The van der Waals surface area contributed by atoms with E-state index in [1.54, 1.807) is 0 Å². The van der Waals surface area contributed by atoms with E-state index in [1.807, 2.05) is 12.1 Å². The summed E-state index contributed by atoms with van der Waals surface area (Å²) in [7, 11) is 0. The minimum absolute atomic E-state index is 0.0686. The van der Waals surface area contributed by atoms with Crippen LogP contribution in [0.25, 0.3) is 89.4 Å². The molecule has 260 valence electrons. The normalized spacial score (nSPS) is 12.7. The van der Waals surface area contributed by atoms with Crippen molar-refractivity contribution in [3.63, 3.8) is 0 Å². The lowest BCUT2D eigenvalue weighted by Crippen LogP contribution is -2.14. The monoisotopic (exact) mass is 703 g/mol.